The molecule has 0 aromatic heterocycles. The average Bonchev–Trinajstić information content (AvgIpc) is 2.44. The van der Waals surface area contributed by atoms with Crippen molar-refractivity contribution in [3.63, 3.8) is 0 Å². The lowest BCUT2D eigenvalue weighted by molar-refractivity contribution is 0.0707. The summed E-state index contributed by atoms with van der Waals surface area (Å²) < 4.78 is 33.0. The molecule has 0 radical (unpaired) electrons. The molecule has 0 heterocycles. The summed E-state index contributed by atoms with van der Waals surface area (Å²) in [4.78, 5) is 0. The molecule has 0 fully saturated rings. The highest BCUT2D eigenvalue weighted by Gasteiger charge is 2.20. The van der Waals surface area contributed by atoms with Gasteiger partial charge in [0.2, 0.25) is 0 Å². The van der Waals surface area contributed by atoms with Crippen molar-refractivity contribution in [1.82, 2.24) is 0 Å². The third-order valence-corrected chi connectivity index (χ3v) is 4.70. The van der Waals surface area contributed by atoms with Gasteiger partial charge in [-0.05, 0) is 34.1 Å². The van der Waals surface area contributed by atoms with Gasteiger partial charge in [0.15, 0.2) is 0 Å². The van der Waals surface area contributed by atoms with E-state index in [0.29, 0.717) is 33.0 Å². The monoisotopic (exact) mass is 330 g/mol. The average molecular weight is 330 g/mol. The van der Waals surface area contributed by atoms with Gasteiger partial charge in [0.05, 0.1) is 39.1 Å². The van der Waals surface area contributed by atoms with E-state index in [1.807, 2.05) is 34.6 Å². The number of rotatable bonds is 14. The van der Waals surface area contributed by atoms with Crippen molar-refractivity contribution in [2.45, 2.75) is 47.1 Å². The topological polar surface area (TPSA) is 55.4 Å². The van der Waals surface area contributed by atoms with Crippen molar-refractivity contribution in [2.75, 3.05) is 33.0 Å². The summed E-state index contributed by atoms with van der Waals surface area (Å²) in [7, 11) is -2.60. The van der Waals surface area contributed by atoms with Crippen LogP contribution in [0.15, 0.2) is 0 Å². The molecule has 0 aliphatic carbocycles. The molecule has 0 aromatic rings. The maximum absolute atomic E-state index is 5.78. The SMILES string of the molecule is CCOP(OCC)OCC(CC)OP(OCC)OCC. The van der Waals surface area contributed by atoms with E-state index in [9.17, 15) is 0 Å². The van der Waals surface area contributed by atoms with Crippen molar-refractivity contribution in [1.29, 1.82) is 0 Å². The van der Waals surface area contributed by atoms with Crippen molar-refractivity contribution in [2.24, 2.45) is 0 Å². The second-order valence-corrected chi connectivity index (χ2v) is 5.95. The highest BCUT2D eigenvalue weighted by Crippen LogP contribution is 2.43. The molecule has 1 atom stereocenters. The van der Waals surface area contributed by atoms with Crippen LogP contribution in [0.3, 0.4) is 0 Å². The molecule has 6 nitrogen and oxygen atoms in total. The summed E-state index contributed by atoms with van der Waals surface area (Å²) in [6.45, 7) is 12.3. The lowest BCUT2D eigenvalue weighted by Crippen LogP contribution is -2.17. The molecule has 0 saturated heterocycles. The van der Waals surface area contributed by atoms with E-state index in [4.69, 9.17) is 27.1 Å². The summed E-state index contributed by atoms with van der Waals surface area (Å²) in [5.41, 5.74) is 0. The second-order valence-electron chi connectivity index (χ2n) is 3.55. The van der Waals surface area contributed by atoms with Gasteiger partial charge in [0, 0.05) is 0 Å². The lowest BCUT2D eigenvalue weighted by Gasteiger charge is -2.23. The maximum atomic E-state index is 5.78. The highest BCUT2D eigenvalue weighted by atomic mass is 31.2. The molecule has 0 spiro atoms. The van der Waals surface area contributed by atoms with Crippen molar-refractivity contribution in [3.8, 4) is 0 Å². The fourth-order valence-corrected chi connectivity index (χ4v) is 3.12. The van der Waals surface area contributed by atoms with Crippen LogP contribution in [0.2, 0.25) is 0 Å². The Morgan fingerprint density at radius 3 is 1.50 bits per heavy atom. The summed E-state index contributed by atoms with van der Waals surface area (Å²) in [6, 6.07) is 0. The van der Waals surface area contributed by atoms with Crippen LogP contribution in [0, 0.1) is 0 Å². The highest BCUT2D eigenvalue weighted by molar-refractivity contribution is 7.42. The Morgan fingerprint density at radius 1 is 0.650 bits per heavy atom. The van der Waals surface area contributed by atoms with E-state index >= 15 is 0 Å². The first-order valence-corrected chi connectivity index (χ1v) is 9.32. The first-order chi connectivity index (χ1) is 9.71. The van der Waals surface area contributed by atoms with Crippen LogP contribution < -0.4 is 0 Å². The van der Waals surface area contributed by atoms with Crippen LogP contribution in [0.1, 0.15) is 41.0 Å². The first kappa shape index (κ1) is 20.6. The Hall–Kier alpha value is 0.620. The molecule has 0 amide bonds. The van der Waals surface area contributed by atoms with Gasteiger partial charge in [-0.3, -0.25) is 0 Å². The second kappa shape index (κ2) is 14.6. The first-order valence-electron chi connectivity index (χ1n) is 7.13. The Labute approximate surface area is 125 Å². The molecule has 8 heteroatoms. The van der Waals surface area contributed by atoms with Gasteiger partial charge in [-0.25, -0.2) is 0 Å². The summed E-state index contributed by atoms with van der Waals surface area (Å²) in [5, 5.41) is 0. The lowest BCUT2D eigenvalue weighted by atomic mass is 10.3. The van der Waals surface area contributed by atoms with Crippen molar-refractivity contribution >= 4 is 17.2 Å². The fraction of sp³-hybridized carbons (Fsp3) is 1.00. The van der Waals surface area contributed by atoms with E-state index in [1.54, 1.807) is 0 Å². The van der Waals surface area contributed by atoms with Crippen LogP contribution in [-0.2, 0) is 27.1 Å². The van der Waals surface area contributed by atoms with Crippen LogP contribution in [-0.4, -0.2) is 39.1 Å². The van der Waals surface area contributed by atoms with E-state index < -0.39 is 17.2 Å². The normalized spacial score (nSPS) is 13.3. The van der Waals surface area contributed by atoms with Crippen molar-refractivity contribution in [3.05, 3.63) is 0 Å². The van der Waals surface area contributed by atoms with Gasteiger partial charge in [0.25, 0.3) is 0 Å². The number of hydrogen-bond donors (Lipinski definition) is 0. The standard InChI is InChI=1S/C12H28O6P2/c1-6-12(18-20(15-9-4)16-10-5)11-17-19(13-7-2)14-8-3/h12H,6-11H2,1-5H3. The largest absolute Gasteiger partial charge is 0.332 e. The molecule has 0 aliphatic heterocycles. The third-order valence-electron chi connectivity index (χ3n) is 1.99. The maximum Gasteiger partial charge on any atom is 0.332 e. The third kappa shape index (κ3) is 10.4. The van der Waals surface area contributed by atoms with Gasteiger partial charge < -0.3 is 27.1 Å². The van der Waals surface area contributed by atoms with E-state index in [0.717, 1.165) is 6.42 Å². The summed E-state index contributed by atoms with van der Waals surface area (Å²) in [6.07, 6.45) is 0.713. The van der Waals surface area contributed by atoms with Crippen LogP contribution >= 0.6 is 17.2 Å². The Bertz CT molecular complexity index is 198. The minimum Gasteiger partial charge on any atom is -0.313 e. The van der Waals surface area contributed by atoms with Crippen LogP contribution in [0.5, 0.6) is 0 Å². The van der Waals surface area contributed by atoms with Gasteiger partial charge >= 0.3 is 17.2 Å². The molecular weight excluding hydrogens is 302 g/mol. The van der Waals surface area contributed by atoms with E-state index in [1.165, 1.54) is 0 Å². The predicted octanol–water partition coefficient (Wildman–Crippen LogP) is 4.40. The summed E-state index contributed by atoms with van der Waals surface area (Å²) in [5.74, 6) is 0. The minimum atomic E-state index is -1.31. The zero-order valence-corrected chi connectivity index (χ0v) is 15.0. The van der Waals surface area contributed by atoms with E-state index in [2.05, 4.69) is 0 Å². The molecule has 122 valence electrons. The fourth-order valence-electron chi connectivity index (χ4n) is 1.12. The zero-order valence-electron chi connectivity index (χ0n) is 13.2. The molecular formula is C12H28O6P2. The molecule has 0 saturated carbocycles. The predicted molar refractivity (Wildman–Crippen MR) is 81.5 cm³/mol. The molecule has 0 N–H and O–H groups in total. The molecule has 1 unspecified atom stereocenters. The molecule has 0 rings (SSSR count). The molecule has 20 heavy (non-hydrogen) atoms. The van der Waals surface area contributed by atoms with Gasteiger partial charge in [-0.15, -0.1) is 0 Å². The molecule has 0 bridgehead atoms. The van der Waals surface area contributed by atoms with E-state index in [-0.39, 0.29) is 6.10 Å². The Balaban J connectivity index is 4.15. The van der Waals surface area contributed by atoms with Crippen molar-refractivity contribution < 1.29 is 27.1 Å². The van der Waals surface area contributed by atoms with Gasteiger partial charge in [-0.1, -0.05) is 6.92 Å². The number of hydrogen-bond acceptors (Lipinski definition) is 6. The van der Waals surface area contributed by atoms with Gasteiger partial charge in [0.1, 0.15) is 0 Å². The summed E-state index contributed by atoms with van der Waals surface area (Å²) >= 11 is 0. The van der Waals surface area contributed by atoms with Crippen LogP contribution in [0.4, 0.5) is 0 Å². The smallest absolute Gasteiger partial charge is 0.313 e. The Morgan fingerprint density at radius 2 is 1.10 bits per heavy atom. The molecule has 0 aromatic carbocycles. The van der Waals surface area contributed by atoms with Gasteiger partial charge in [-0.2, -0.15) is 0 Å². The zero-order chi connectivity index (χ0) is 15.2. The minimum absolute atomic E-state index is 0.0925. The Kier molecular flexibility index (Phi) is 15.0. The quantitative estimate of drug-likeness (QED) is 0.440. The van der Waals surface area contributed by atoms with Crippen LogP contribution in [0.25, 0.3) is 0 Å². The molecule has 0 aliphatic rings.